The number of benzene rings is 2. The molecule has 0 aliphatic carbocycles. The van der Waals surface area contributed by atoms with Crippen LogP contribution in [0, 0.1) is 0 Å². The van der Waals surface area contributed by atoms with Crippen molar-refractivity contribution in [3.63, 3.8) is 0 Å². The Morgan fingerprint density at radius 1 is 0.885 bits per heavy atom. The fraction of sp³-hybridized carbons (Fsp3) is 0.435. The second kappa shape index (κ2) is 18.9. The number of carbonyl (C=O) groups is 5. The zero-order chi connectivity index (χ0) is 43.9. The van der Waals surface area contributed by atoms with Gasteiger partial charge in [0.1, 0.15) is 17.2 Å². The molecule has 5 amide bonds. The number of carbonyl (C=O) groups excluding carboxylic acids is 5. The van der Waals surface area contributed by atoms with Crippen molar-refractivity contribution in [2.75, 3.05) is 18.4 Å². The molecule has 322 valence electrons. The van der Waals surface area contributed by atoms with E-state index in [-0.39, 0.29) is 18.5 Å². The maximum absolute atomic E-state index is 14.1. The van der Waals surface area contributed by atoms with E-state index in [0.29, 0.717) is 57.4 Å². The number of anilines is 1. The average Bonchev–Trinajstić information content (AvgIpc) is 3.64. The molecule has 61 heavy (non-hydrogen) atoms. The summed E-state index contributed by atoms with van der Waals surface area (Å²) in [6, 6.07) is 17.7. The van der Waals surface area contributed by atoms with E-state index in [4.69, 9.17) is 20.3 Å². The molecule has 0 saturated carbocycles. The predicted octanol–water partition coefficient (Wildman–Crippen LogP) is 7.28. The van der Waals surface area contributed by atoms with Gasteiger partial charge < -0.3 is 25.4 Å². The van der Waals surface area contributed by atoms with E-state index in [0.717, 1.165) is 38.9 Å². The molecule has 1 unspecified atom stereocenters. The topological polar surface area (TPSA) is 190 Å². The second-order valence-electron chi connectivity index (χ2n) is 17.5. The highest BCUT2D eigenvalue weighted by atomic mass is 16.6. The molecule has 2 aromatic heterocycles. The van der Waals surface area contributed by atoms with Gasteiger partial charge in [-0.25, -0.2) is 19.4 Å². The average molecular weight is 833 g/mol. The van der Waals surface area contributed by atoms with Gasteiger partial charge in [-0.1, -0.05) is 43.2 Å². The Labute approximate surface area is 356 Å². The lowest BCUT2D eigenvalue weighted by molar-refractivity contribution is -0.162. The van der Waals surface area contributed by atoms with Gasteiger partial charge in [0.25, 0.3) is 5.91 Å². The number of unbranched alkanes of at least 4 members (excludes halogenated alkanes) is 3. The summed E-state index contributed by atoms with van der Waals surface area (Å²) in [5, 5.41) is 10.4. The summed E-state index contributed by atoms with van der Waals surface area (Å²) in [7, 11) is 0. The molecule has 2 aromatic carbocycles. The second-order valence-corrected chi connectivity index (χ2v) is 17.5. The molecule has 4 aromatic rings. The standard InChI is InChI=1S/C46H56N8O7/c1-45(2,3)60-42(57)39(26-40(47)55)53(44(59)61-46(4,5)6)22-9-7-8-10-23-54-41(56)36(32-14-13-30-12-11-20-49-37(30)24-32)25-38(51-54)31-15-17-35(18-16-31)50-43(58)52-28-33-19-21-48-27-34(33)29-52/h11-21,24,27,36,39H,7-10,22-23,25-26,28-29H2,1-6H3,(H2,47,55)(H,50,58)/t36?,39-/m1/s1. The zero-order valence-corrected chi connectivity index (χ0v) is 35.8. The quantitative estimate of drug-likeness (QED) is 0.0972. The molecule has 3 N–H and O–H groups in total. The number of aromatic nitrogens is 2. The van der Waals surface area contributed by atoms with E-state index >= 15 is 0 Å². The number of amides is 5. The van der Waals surface area contributed by atoms with Crippen LogP contribution >= 0.6 is 0 Å². The van der Waals surface area contributed by atoms with Gasteiger partial charge in [0.15, 0.2) is 0 Å². The third kappa shape index (κ3) is 11.9. The first kappa shape index (κ1) is 44.2. The van der Waals surface area contributed by atoms with Crippen molar-refractivity contribution >= 4 is 52.2 Å². The number of rotatable bonds is 14. The highest BCUT2D eigenvalue weighted by molar-refractivity contribution is 6.06. The third-order valence-electron chi connectivity index (χ3n) is 10.3. The fourth-order valence-corrected chi connectivity index (χ4v) is 7.38. The number of nitrogens with one attached hydrogen (secondary N) is 1. The highest BCUT2D eigenvalue weighted by Gasteiger charge is 2.37. The first-order valence-electron chi connectivity index (χ1n) is 20.8. The van der Waals surface area contributed by atoms with E-state index in [1.54, 1.807) is 70.0 Å². The number of pyridine rings is 2. The van der Waals surface area contributed by atoms with Crippen molar-refractivity contribution in [3.8, 4) is 0 Å². The van der Waals surface area contributed by atoms with Crippen LogP contribution < -0.4 is 11.1 Å². The minimum absolute atomic E-state index is 0.118. The van der Waals surface area contributed by atoms with Crippen molar-refractivity contribution in [2.45, 2.75) is 116 Å². The van der Waals surface area contributed by atoms with Gasteiger partial charge in [-0.3, -0.25) is 24.5 Å². The Hall–Kier alpha value is -6.38. The van der Waals surface area contributed by atoms with Crippen LogP contribution in [0.3, 0.4) is 0 Å². The summed E-state index contributed by atoms with van der Waals surface area (Å²) in [5.74, 6) is -2.11. The summed E-state index contributed by atoms with van der Waals surface area (Å²) >= 11 is 0. The lowest BCUT2D eigenvalue weighted by Gasteiger charge is -2.33. The van der Waals surface area contributed by atoms with Gasteiger partial charge in [-0.15, -0.1) is 0 Å². The number of primary amides is 1. The zero-order valence-electron chi connectivity index (χ0n) is 35.8. The van der Waals surface area contributed by atoms with Crippen molar-refractivity contribution in [3.05, 3.63) is 102 Å². The number of hydrazone groups is 1. The van der Waals surface area contributed by atoms with E-state index in [9.17, 15) is 24.0 Å². The Morgan fingerprint density at radius 3 is 2.31 bits per heavy atom. The summed E-state index contributed by atoms with van der Waals surface area (Å²) < 4.78 is 11.2. The number of esters is 1. The number of ether oxygens (including phenoxy) is 2. The molecule has 15 heteroatoms. The summed E-state index contributed by atoms with van der Waals surface area (Å²) in [6.45, 7) is 11.8. The smallest absolute Gasteiger partial charge is 0.411 e. The molecule has 4 heterocycles. The number of nitrogens with zero attached hydrogens (tertiary/aromatic N) is 6. The van der Waals surface area contributed by atoms with Crippen molar-refractivity contribution in [1.82, 2.24) is 24.8 Å². The molecule has 0 spiro atoms. The van der Waals surface area contributed by atoms with Crippen LogP contribution in [-0.4, -0.2) is 90.7 Å². The van der Waals surface area contributed by atoms with Crippen LogP contribution in [-0.2, 0) is 36.9 Å². The van der Waals surface area contributed by atoms with Crippen LogP contribution in [0.2, 0.25) is 0 Å². The normalized spacial score (nSPS) is 15.8. The largest absolute Gasteiger partial charge is 0.458 e. The SMILES string of the molecule is CC(C)(C)OC(=O)[C@@H](CC(N)=O)N(CCCCCCN1N=C(c2ccc(NC(=O)N3Cc4ccncc4C3)cc2)CC(c2ccc3cccnc3c2)C1=O)C(=O)OC(C)(C)C. The predicted molar refractivity (Wildman–Crippen MR) is 231 cm³/mol. The molecular weight excluding hydrogens is 777 g/mol. The minimum atomic E-state index is -1.25. The van der Waals surface area contributed by atoms with Crippen molar-refractivity contribution in [2.24, 2.45) is 10.8 Å². The summed E-state index contributed by atoms with van der Waals surface area (Å²) in [5.41, 5.74) is 9.79. The Balaban J connectivity index is 1.13. The van der Waals surface area contributed by atoms with E-state index in [1.165, 1.54) is 4.90 Å². The van der Waals surface area contributed by atoms with Crippen LogP contribution in [0.4, 0.5) is 15.3 Å². The Kier molecular flexibility index (Phi) is 13.7. The van der Waals surface area contributed by atoms with E-state index in [2.05, 4.69) is 15.3 Å². The first-order chi connectivity index (χ1) is 28.9. The molecule has 0 fully saturated rings. The number of hydrogen-bond donors (Lipinski definition) is 2. The van der Waals surface area contributed by atoms with Gasteiger partial charge >= 0.3 is 18.1 Å². The number of hydrogen-bond acceptors (Lipinski definition) is 10. The molecule has 0 bridgehead atoms. The van der Waals surface area contributed by atoms with Gasteiger partial charge in [0, 0.05) is 62.3 Å². The molecule has 0 saturated heterocycles. The molecule has 15 nitrogen and oxygen atoms in total. The monoisotopic (exact) mass is 832 g/mol. The number of urea groups is 1. The number of fused-ring (bicyclic) bond motifs is 2. The Bertz CT molecular complexity index is 2260. The molecule has 0 radical (unpaired) electrons. The van der Waals surface area contributed by atoms with Crippen LogP contribution in [0.5, 0.6) is 0 Å². The van der Waals surface area contributed by atoms with Gasteiger partial charge in [0.05, 0.1) is 23.6 Å². The molecule has 2 aliphatic heterocycles. The van der Waals surface area contributed by atoms with E-state index < -0.39 is 47.6 Å². The highest BCUT2D eigenvalue weighted by Crippen LogP contribution is 2.32. The first-order valence-corrected chi connectivity index (χ1v) is 20.8. The van der Waals surface area contributed by atoms with Crippen molar-refractivity contribution < 1.29 is 33.4 Å². The molecule has 2 aliphatic rings. The van der Waals surface area contributed by atoms with Crippen molar-refractivity contribution in [1.29, 1.82) is 0 Å². The minimum Gasteiger partial charge on any atom is -0.458 e. The summed E-state index contributed by atoms with van der Waals surface area (Å²) in [4.78, 5) is 77.7. The molecule has 6 rings (SSSR count). The van der Waals surface area contributed by atoms with Crippen LogP contribution in [0.25, 0.3) is 10.9 Å². The maximum atomic E-state index is 14.1. The lowest BCUT2D eigenvalue weighted by atomic mass is 9.88. The third-order valence-corrected chi connectivity index (χ3v) is 10.3. The van der Waals surface area contributed by atoms with Crippen LogP contribution in [0.15, 0.2) is 84.4 Å². The van der Waals surface area contributed by atoms with Gasteiger partial charge in [0.2, 0.25) is 5.91 Å². The lowest BCUT2D eigenvalue weighted by Crippen LogP contribution is -2.51. The summed E-state index contributed by atoms with van der Waals surface area (Å²) in [6.07, 6.45) is 6.89. The molecule has 2 atom stereocenters. The van der Waals surface area contributed by atoms with E-state index in [1.807, 2.05) is 60.7 Å². The van der Waals surface area contributed by atoms with Crippen LogP contribution in [0.1, 0.15) is 108 Å². The van der Waals surface area contributed by atoms with Gasteiger partial charge in [-0.05, 0) is 107 Å². The molecular formula is C46H56N8O7. The Morgan fingerprint density at radius 2 is 1.61 bits per heavy atom. The van der Waals surface area contributed by atoms with Gasteiger partial charge in [-0.2, -0.15) is 5.10 Å². The number of nitrogens with two attached hydrogens (primary N) is 1. The maximum Gasteiger partial charge on any atom is 0.411 e. The fourth-order valence-electron chi connectivity index (χ4n) is 7.38.